The van der Waals surface area contributed by atoms with Gasteiger partial charge < -0.3 is 10.5 Å². The summed E-state index contributed by atoms with van der Waals surface area (Å²) in [5, 5.41) is 0.709. The Kier molecular flexibility index (Phi) is 5.16. The highest BCUT2D eigenvalue weighted by Crippen LogP contribution is 2.40. The Hall–Kier alpha value is -3.81. The second kappa shape index (κ2) is 7.71. The summed E-state index contributed by atoms with van der Waals surface area (Å²) < 4.78 is 59.0. The summed E-state index contributed by atoms with van der Waals surface area (Å²) in [6.07, 6.45) is -3.09. The van der Waals surface area contributed by atoms with Crippen LogP contribution in [0.1, 0.15) is 30.2 Å². The molecule has 0 saturated carbocycles. The van der Waals surface area contributed by atoms with Crippen LogP contribution < -0.4 is 5.73 Å². The molecule has 0 amide bonds. The lowest BCUT2D eigenvalue weighted by atomic mass is 9.85. The van der Waals surface area contributed by atoms with E-state index in [4.69, 9.17) is 12.3 Å². The molecule has 11 heteroatoms. The maximum atomic E-state index is 14.6. The SMILES string of the molecule is [C-]#[N+]c1cnc2c(Cc3cnc(F)c([C@]4(C)C[C@@H](C(F)(F)F)OC(N)=N4)c3)nccc2c1. The van der Waals surface area contributed by atoms with Gasteiger partial charge in [-0.1, -0.05) is 0 Å². The highest BCUT2D eigenvalue weighted by atomic mass is 19.4. The van der Waals surface area contributed by atoms with Crippen molar-refractivity contribution in [2.45, 2.75) is 37.6 Å². The van der Waals surface area contributed by atoms with E-state index in [1.54, 1.807) is 18.3 Å². The van der Waals surface area contributed by atoms with Gasteiger partial charge in [-0.15, -0.1) is 0 Å². The molecule has 0 radical (unpaired) electrons. The Morgan fingerprint density at radius 3 is 2.75 bits per heavy atom. The van der Waals surface area contributed by atoms with E-state index >= 15 is 0 Å². The van der Waals surface area contributed by atoms with Crippen LogP contribution in [-0.2, 0) is 16.7 Å². The zero-order chi connectivity index (χ0) is 23.1. The molecule has 0 bridgehead atoms. The number of pyridine rings is 3. The minimum atomic E-state index is -4.69. The Labute approximate surface area is 179 Å². The topological polar surface area (TPSA) is 90.6 Å². The van der Waals surface area contributed by atoms with Crippen LogP contribution in [0.3, 0.4) is 0 Å². The molecule has 1 aliphatic heterocycles. The molecule has 0 unspecified atom stereocenters. The molecule has 32 heavy (non-hydrogen) atoms. The van der Waals surface area contributed by atoms with E-state index in [0.29, 0.717) is 27.8 Å². The van der Waals surface area contributed by atoms with E-state index in [1.165, 1.54) is 25.4 Å². The van der Waals surface area contributed by atoms with Gasteiger partial charge in [-0.2, -0.15) is 17.6 Å². The van der Waals surface area contributed by atoms with Gasteiger partial charge in [-0.25, -0.2) is 14.8 Å². The number of alkyl halides is 3. The number of rotatable bonds is 3. The van der Waals surface area contributed by atoms with Crippen molar-refractivity contribution >= 4 is 22.6 Å². The third-order valence-electron chi connectivity index (χ3n) is 5.21. The lowest BCUT2D eigenvalue weighted by Gasteiger charge is -2.35. The quantitative estimate of drug-likeness (QED) is 0.372. The summed E-state index contributed by atoms with van der Waals surface area (Å²) >= 11 is 0. The number of amidine groups is 1. The molecule has 2 N–H and O–H groups in total. The molecule has 164 valence electrons. The number of aromatic nitrogens is 3. The van der Waals surface area contributed by atoms with E-state index < -0.39 is 36.2 Å². The summed E-state index contributed by atoms with van der Waals surface area (Å²) in [6, 6.07) is 4.13. The molecular weight excluding hydrogens is 428 g/mol. The number of fused-ring (bicyclic) bond motifs is 1. The standard InChI is InChI=1S/C21H16F4N6O/c1-20(8-16(21(23,24)25)32-19(26)31-20)14-5-11(9-30-18(14)22)6-15-17-12(3-4-28-15)7-13(27-2)10-29-17/h3-5,7,9-10,16H,6,8H2,1H3,(H2,26,31)/t16-,20-/m0/s1. The van der Waals surface area contributed by atoms with Crippen molar-refractivity contribution in [2.24, 2.45) is 10.7 Å². The van der Waals surface area contributed by atoms with Crippen LogP contribution in [0.4, 0.5) is 23.2 Å². The molecular formula is C21H16F4N6O. The fourth-order valence-corrected chi connectivity index (χ4v) is 3.67. The van der Waals surface area contributed by atoms with Crippen LogP contribution in [0.25, 0.3) is 15.7 Å². The molecule has 4 heterocycles. The summed E-state index contributed by atoms with van der Waals surface area (Å²) in [5.74, 6) is -0.943. The fourth-order valence-electron chi connectivity index (χ4n) is 3.67. The van der Waals surface area contributed by atoms with Gasteiger partial charge in [0.1, 0.15) is 0 Å². The first-order valence-electron chi connectivity index (χ1n) is 9.44. The molecule has 4 rings (SSSR count). The molecule has 3 aromatic rings. The molecule has 7 nitrogen and oxygen atoms in total. The van der Waals surface area contributed by atoms with Crippen LogP contribution in [0, 0.1) is 12.5 Å². The Bertz CT molecular complexity index is 1270. The Morgan fingerprint density at radius 2 is 2.03 bits per heavy atom. The number of nitrogens with two attached hydrogens (primary N) is 1. The molecule has 3 aromatic heterocycles. The highest BCUT2D eigenvalue weighted by molar-refractivity contribution is 5.83. The first kappa shape index (κ1) is 21.4. The number of halogens is 4. The van der Waals surface area contributed by atoms with Crippen molar-refractivity contribution in [3.05, 3.63) is 71.0 Å². The van der Waals surface area contributed by atoms with Crippen molar-refractivity contribution < 1.29 is 22.3 Å². The van der Waals surface area contributed by atoms with Gasteiger partial charge in [-0.3, -0.25) is 9.97 Å². The lowest BCUT2D eigenvalue weighted by molar-refractivity contribution is -0.208. The minimum Gasteiger partial charge on any atom is -0.452 e. The number of ether oxygens (including phenoxy) is 1. The van der Waals surface area contributed by atoms with Gasteiger partial charge in [-0.05, 0) is 36.1 Å². The zero-order valence-electron chi connectivity index (χ0n) is 16.7. The minimum absolute atomic E-state index is 0.126. The van der Waals surface area contributed by atoms with E-state index in [1.807, 2.05) is 0 Å². The van der Waals surface area contributed by atoms with Gasteiger partial charge in [0, 0.05) is 37.0 Å². The second-order valence-corrected chi connectivity index (χ2v) is 7.57. The van der Waals surface area contributed by atoms with Gasteiger partial charge in [0.25, 0.3) is 6.02 Å². The van der Waals surface area contributed by atoms with Crippen molar-refractivity contribution in [2.75, 3.05) is 0 Å². The molecule has 0 fully saturated rings. The smallest absolute Gasteiger partial charge is 0.425 e. The van der Waals surface area contributed by atoms with Crippen molar-refractivity contribution in [1.29, 1.82) is 0 Å². The van der Waals surface area contributed by atoms with Gasteiger partial charge in [0.2, 0.25) is 11.6 Å². The number of hydrogen-bond donors (Lipinski definition) is 1. The predicted molar refractivity (Wildman–Crippen MR) is 107 cm³/mol. The maximum Gasteiger partial charge on any atom is 0.425 e. The zero-order valence-corrected chi connectivity index (χ0v) is 16.7. The fraction of sp³-hybridized carbons (Fsp3) is 0.286. The summed E-state index contributed by atoms with van der Waals surface area (Å²) in [5.41, 5.74) is 5.72. The summed E-state index contributed by atoms with van der Waals surface area (Å²) in [7, 11) is 0. The van der Waals surface area contributed by atoms with Crippen LogP contribution in [0.5, 0.6) is 0 Å². The summed E-state index contributed by atoms with van der Waals surface area (Å²) in [4.78, 5) is 19.6. The first-order valence-corrected chi connectivity index (χ1v) is 9.44. The molecule has 0 aromatic carbocycles. The van der Waals surface area contributed by atoms with Crippen LogP contribution in [-0.4, -0.2) is 33.3 Å². The van der Waals surface area contributed by atoms with E-state index in [9.17, 15) is 17.6 Å². The molecule has 0 aliphatic carbocycles. The molecule has 0 saturated heterocycles. The number of hydrogen-bond acceptors (Lipinski definition) is 6. The molecule has 0 spiro atoms. The van der Waals surface area contributed by atoms with Crippen LogP contribution in [0.15, 0.2) is 41.8 Å². The lowest BCUT2D eigenvalue weighted by Crippen LogP contribution is -2.46. The van der Waals surface area contributed by atoms with E-state index in [-0.39, 0.29) is 12.0 Å². The monoisotopic (exact) mass is 444 g/mol. The molecule has 2 atom stereocenters. The highest BCUT2D eigenvalue weighted by Gasteiger charge is 2.50. The Morgan fingerprint density at radius 1 is 1.25 bits per heavy atom. The predicted octanol–water partition coefficient (Wildman–Crippen LogP) is 4.19. The van der Waals surface area contributed by atoms with Gasteiger partial charge in [0.05, 0.1) is 23.3 Å². The maximum absolute atomic E-state index is 14.6. The number of nitrogens with zero attached hydrogens (tertiary/aromatic N) is 5. The number of aliphatic imine (C=N–C) groups is 1. The second-order valence-electron chi connectivity index (χ2n) is 7.57. The van der Waals surface area contributed by atoms with E-state index in [2.05, 4.69) is 29.5 Å². The normalized spacial score (nSPS) is 21.0. The third-order valence-corrected chi connectivity index (χ3v) is 5.21. The van der Waals surface area contributed by atoms with Crippen molar-refractivity contribution in [1.82, 2.24) is 15.0 Å². The summed E-state index contributed by atoms with van der Waals surface area (Å²) in [6.45, 7) is 8.46. The average Bonchev–Trinajstić information content (AvgIpc) is 2.73. The van der Waals surface area contributed by atoms with Gasteiger partial charge in [0.15, 0.2) is 6.10 Å². The van der Waals surface area contributed by atoms with Crippen molar-refractivity contribution in [3.63, 3.8) is 0 Å². The third kappa shape index (κ3) is 4.03. The Balaban J connectivity index is 1.72. The van der Waals surface area contributed by atoms with Gasteiger partial charge >= 0.3 is 6.18 Å². The largest absolute Gasteiger partial charge is 0.452 e. The average molecular weight is 444 g/mol. The van der Waals surface area contributed by atoms with Crippen LogP contribution >= 0.6 is 0 Å². The molecule has 1 aliphatic rings. The van der Waals surface area contributed by atoms with Crippen LogP contribution in [0.2, 0.25) is 0 Å². The first-order chi connectivity index (χ1) is 15.1. The van der Waals surface area contributed by atoms with Crippen molar-refractivity contribution in [3.8, 4) is 0 Å². The van der Waals surface area contributed by atoms with E-state index in [0.717, 1.165) is 0 Å².